The third-order valence-electron chi connectivity index (χ3n) is 4.24. The molecule has 2 rings (SSSR count). The minimum Gasteiger partial charge on any atom is -0.465 e. The molecule has 4 heteroatoms. The smallest absolute Gasteiger partial charge is 0.328 e. The van der Waals surface area contributed by atoms with Crippen molar-refractivity contribution in [3.63, 3.8) is 0 Å². The number of carbonyl (C=O) groups excluding carboxylic acids is 1. The van der Waals surface area contributed by atoms with Crippen molar-refractivity contribution in [3.8, 4) is 0 Å². The molecule has 1 saturated carbocycles. The summed E-state index contributed by atoms with van der Waals surface area (Å²) in [6.45, 7) is 3.52. The second-order valence-electron chi connectivity index (χ2n) is 5.79. The zero-order chi connectivity index (χ0) is 13.6. The highest BCUT2D eigenvalue weighted by Crippen LogP contribution is 2.25. The quantitative estimate of drug-likeness (QED) is 0.629. The third-order valence-corrected chi connectivity index (χ3v) is 4.24. The van der Waals surface area contributed by atoms with Crippen LogP contribution in [0, 0.1) is 0 Å². The van der Waals surface area contributed by atoms with Gasteiger partial charge in [-0.3, -0.25) is 5.32 Å². The molecule has 19 heavy (non-hydrogen) atoms. The second kappa shape index (κ2) is 7.25. The molecule has 4 nitrogen and oxygen atoms in total. The van der Waals surface area contributed by atoms with E-state index >= 15 is 0 Å². The number of carbonyl (C=O) groups is 1. The monoisotopic (exact) mass is 269 g/mol. The summed E-state index contributed by atoms with van der Waals surface area (Å²) < 4.78 is 10.8. The van der Waals surface area contributed by atoms with Gasteiger partial charge in [0.15, 0.2) is 0 Å². The van der Waals surface area contributed by atoms with Crippen molar-refractivity contribution in [1.82, 2.24) is 5.32 Å². The fourth-order valence-electron chi connectivity index (χ4n) is 3.21. The zero-order valence-corrected chi connectivity index (χ0v) is 12.1. The highest BCUT2D eigenvalue weighted by molar-refractivity contribution is 5.81. The molecule has 1 heterocycles. The van der Waals surface area contributed by atoms with Gasteiger partial charge < -0.3 is 9.47 Å². The molecule has 0 amide bonds. The van der Waals surface area contributed by atoms with Crippen LogP contribution in [0.15, 0.2) is 0 Å². The van der Waals surface area contributed by atoms with E-state index in [0.717, 1.165) is 19.4 Å². The van der Waals surface area contributed by atoms with Crippen LogP contribution < -0.4 is 5.32 Å². The van der Waals surface area contributed by atoms with Crippen LogP contribution in [0.25, 0.3) is 0 Å². The van der Waals surface area contributed by atoms with Crippen molar-refractivity contribution >= 4 is 5.97 Å². The Balaban J connectivity index is 2.01. The normalized spacial score (nSPS) is 29.7. The highest BCUT2D eigenvalue weighted by Gasteiger charge is 2.43. The lowest BCUT2D eigenvalue weighted by molar-refractivity contribution is -0.158. The summed E-state index contributed by atoms with van der Waals surface area (Å²) >= 11 is 0. The molecule has 2 aliphatic rings. The van der Waals surface area contributed by atoms with Crippen LogP contribution in [0.2, 0.25) is 0 Å². The molecule has 0 aromatic carbocycles. The van der Waals surface area contributed by atoms with Gasteiger partial charge in [0.1, 0.15) is 5.54 Å². The molecule has 110 valence electrons. The highest BCUT2D eigenvalue weighted by atomic mass is 16.5. The molecule has 1 atom stereocenters. The molecule has 1 saturated heterocycles. The number of hydrogen-bond donors (Lipinski definition) is 1. The van der Waals surface area contributed by atoms with Crippen LogP contribution in [-0.4, -0.2) is 37.4 Å². The average molecular weight is 269 g/mol. The predicted octanol–water partition coefficient (Wildman–Crippen LogP) is 2.41. The SMILES string of the molecule is CCOC(=O)C1(NC2CCCCCC2)CCCOC1. The van der Waals surface area contributed by atoms with Gasteiger partial charge in [-0.25, -0.2) is 4.79 Å². The number of nitrogens with one attached hydrogen (secondary N) is 1. The molecule has 0 radical (unpaired) electrons. The Kier molecular flexibility index (Phi) is 5.64. The molecule has 0 bridgehead atoms. The maximum atomic E-state index is 12.3. The van der Waals surface area contributed by atoms with Gasteiger partial charge in [-0.05, 0) is 32.6 Å². The van der Waals surface area contributed by atoms with E-state index in [-0.39, 0.29) is 5.97 Å². The van der Waals surface area contributed by atoms with E-state index in [4.69, 9.17) is 9.47 Å². The maximum absolute atomic E-state index is 12.3. The molecule has 2 fully saturated rings. The van der Waals surface area contributed by atoms with E-state index < -0.39 is 5.54 Å². The summed E-state index contributed by atoms with van der Waals surface area (Å²) in [5.74, 6) is -0.126. The van der Waals surface area contributed by atoms with Gasteiger partial charge in [0.2, 0.25) is 0 Å². The van der Waals surface area contributed by atoms with Crippen LogP contribution in [0.1, 0.15) is 58.3 Å². The topological polar surface area (TPSA) is 47.6 Å². The Morgan fingerprint density at radius 1 is 1.26 bits per heavy atom. The first kappa shape index (κ1) is 14.8. The first-order valence-corrected chi connectivity index (χ1v) is 7.79. The van der Waals surface area contributed by atoms with Crippen molar-refractivity contribution in [1.29, 1.82) is 0 Å². The molecule has 0 aromatic rings. The lowest BCUT2D eigenvalue weighted by Crippen LogP contribution is -2.61. The van der Waals surface area contributed by atoms with E-state index in [9.17, 15) is 4.79 Å². The molecular formula is C15H27NO3. The largest absolute Gasteiger partial charge is 0.465 e. The Hall–Kier alpha value is -0.610. The summed E-state index contributed by atoms with van der Waals surface area (Å²) in [4.78, 5) is 12.3. The van der Waals surface area contributed by atoms with Crippen molar-refractivity contribution in [2.45, 2.75) is 69.9 Å². The zero-order valence-electron chi connectivity index (χ0n) is 12.1. The van der Waals surface area contributed by atoms with Gasteiger partial charge >= 0.3 is 5.97 Å². The van der Waals surface area contributed by atoms with Gasteiger partial charge in [0.05, 0.1) is 13.2 Å². The fraction of sp³-hybridized carbons (Fsp3) is 0.933. The standard InChI is InChI=1S/C15H27NO3/c1-2-19-14(17)15(10-7-11-18-12-15)16-13-8-5-3-4-6-9-13/h13,16H,2-12H2,1H3. The van der Waals surface area contributed by atoms with E-state index in [2.05, 4.69) is 5.32 Å². The van der Waals surface area contributed by atoms with Crippen molar-refractivity contribution in [3.05, 3.63) is 0 Å². The minimum absolute atomic E-state index is 0.126. The summed E-state index contributed by atoms with van der Waals surface area (Å²) in [5, 5.41) is 3.60. The third kappa shape index (κ3) is 3.93. The molecule has 1 N–H and O–H groups in total. The Bertz CT molecular complexity index is 279. The lowest BCUT2D eigenvalue weighted by atomic mass is 9.90. The molecule has 0 spiro atoms. The lowest BCUT2D eigenvalue weighted by Gasteiger charge is -2.38. The van der Waals surface area contributed by atoms with Gasteiger partial charge in [-0.1, -0.05) is 25.7 Å². The van der Waals surface area contributed by atoms with Gasteiger partial charge in [-0.2, -0.15) is 0 Å². The molecule has 1 aliphatic carbocycles. The summed E-state index contributed by atoms with van der Waals surface area (Å²) in [6, 6.07) is 0.439. The van der Waals surface area contributed by atoms with Crippen LogP contribution >= 0.6 is 0 Å². The first-order valence-electron chi connectivity index (χ1n) is 7.79. The molecule has 0 aromatic heterocycles. The van der Waals surface area contributed by atoms with Crippen molar-refractivity contribution in [2.75, 3.05) is 19.8 Å². The summed E-state index contributed by atoms with van der Waals surface area (Å²) in [5.41, 5.74) is -0.594. The van der Waals surface area contributed by atoms with E-state index in [1.165, 1.54) is 38.5 Å². The average Bonchev–Trinajstić information content (AvgIpc) is 2.69. The summed E-state index contributed by atoms with van der Waals surface area (Å²) in [7, 11) is 0. The number of hydrogen-bond acceptors (Lipinski definition) is 4. The van der Waals surface area contributed by atoms with Gasteiger partial charge in [0, 0.05) is 12.6 Å². The van der Waals surface area contributed by atoms with E-state index in [0.29, 0.717) is 19.3 Å². The number of ether oxygens (including phenoxy) is 2. The van der Waals surface area contributed by atoms with Crippen LogP contribution in [0.5, 0.6) is 0 Å². The fourth-order valence-corrected chi connectivity index (χ4v) is 3.21. The van der Waals surface area contributed by atoms with Crippen LogP contribution in [0.4, 0.5) is 0 Å². The Morgan fingerprint density at radius 2 is 2.00 bits per heavy atom. The van der Waals surface area contributed by atoms with Crippen molar-refractivity contribution in [2.24, 2.45) is 0 Å². The molecule has 1 unspecified atom stereocenters. The van der Waals surface area contributed by atoms with E-state index in [1.54, 1.807) is 0 Å². The number of esters is 1. The first-order chi connectivity index (χ1) is 9.27. The maximum Gasteiger partial charge on any atom is 0.328 e. The summed E-state index contributed by atoms with van der Waals surface area (Å²) in [6.07, 6.45) is 9.26. The predicted molar refractivity (Wildman–Crippen MR) is 74.0 cm³/mol. The van der Waals surface area contributed by atoms with Crippen LogP contribution in [0.3, 0.4) is 0 Å². The van der Waals surface area contributed by atoms with E-state index in [1.807, 2.05) is 6.92 Å². The second-order valence-corrected chi connectivity index (χ2v) is 5.79. The number of rotatable bonds is 4. The molecule has 1 aliphatic heterocycles. The molecular weight excluding hydrogens is 242 g/mol. The minimum atomic E-state index is -0.594. The Labute approximate surface area is 116 Å². The Morgan fingerprint density at radius 3 is 2.58 bits per heavy atom. The van der Waals surface area contributed by atoms with Gasteiger partial charge in [-0.15, -0.1) is 0 Å². The van der Waals surface area contributed by atoms with Gasteiger partial charge in [0.25, 0.3) is 0 Å². The van der Waals surface area contributed by atoms with Crippen molar-refractivity contribution < 1.29 is 14.3 Å². The van der Waals surface area contributed by atoms with Crippen LogP contribution in [-0.2, 0) is 14.3 Å².